The molecule has 0 atom stereocenters. The van der Waals surface area contributed by atoms with E-state index >= 15 is 0 Å². The van der Waals surface area contributed by atoms with Crippen LogP contribution in [-0.4, -0.2) is 83.9 Å². The summed E-state index contributed by atoms with van der Waals surface area (Å²) in [5.74, 6) is 0.106. The summed E-state index contributed by atoms with van der Waals surface area (Å²) in [5.41, 5.74) is 0. The normalized spacial score (nSPS) is 11.3. The molecular formula is C15H33KO4S. The van der Waals surface area contributed by atoms with Crippen LogP contribution in [0.25, 0.3) is 0 Å². The molecular weight excluding hydrogens is 315 g/mol. The number of hydrogen-bond donors (Lipinski definition) is 1. The molecule has 124 valence electrons. The van der Waals surface area contributed by atoms with Gasteiger partial charge in [0.2, 0.25) is 0 Å². The first-order valence-corrected chi connectivity index (χ1v) is 9.68. The summed E-state index contributed by atoms with van der Waals surface area (Å²) in [6.07, 6.45) is 12.2. The molecule has 0 spiro atoms. The van der Waals surface area contributed by atoms with Gasteiger partial charge in [-0.25, -0.2) is 0 Å². The van der Waals surface area contributed by atoms with Crippen LogP contribution in [-0.2, 0) is 14.3 Å². The molecule has 0 amide bonds. The summed E-state index contributed by atoms with van der Waals surface area (Å²) in [6.45, 7) is 2.28. The van der Waals surface area contributed by atoms with Crippen molar-refractivity contribution < 1.29 is 17.7 Å². The zero-order valence-electron chi connectivity index (χ0n) is 13.0. The van der Waals surface area contributed by atoms with E-state index in [1.54, 1.807) is 0 Å². The number of unbranched alkanes of at least 4 members (excludes halogenated alkanes) is 9. The molecule has 0 unspecified atom stereocenters. The number of hydrogen-bond acceptors (Lipinski definition) is 4. The van der Waals surface area contributed by atoms with Crippen LogP contribution in [0.3, 0.4) is 0 Å². The van der Waals surface area contributed by atoms with E-state index in [1.807, 2.05) is 0 Å². The van der Waals surface area contributed by atoms with Crippen molar-refractivity contribution in [3.05, 3.63) is 0 Å². The minimum absolute atomic E-state index is 0. The van der Waals surface area contributed by atoms with E-state index in [2.05, 4.69) is 6.92 Å². The summed E-state index contributed by atoms with van der Waals surface area (Å²) in [7, 11) is -3.37. The molecule has 0 rings (SSSR count). The molecule has 0 fully saturated rings. The van der Waals surface area contributed by atoms with E-state index in [-0.39, 0.29) is 70.4 Å². The van der Waals surface area contributed by atoms with E-state index in [0.717, 1.165) is 12.8 Å². The molecule has 6 heteroatoms. The number of rotatable bonds is 15. The Morgan fingerprint density at radius 1 is 0.810 bits per heavy atom. The zero-order valence-corrected chi connectivity index (χ0v) is 13.8. The van der Waals surface area contributed by atoms with Crippen LogP contribution in [0.15, 0.2) is 0 Å². The quantitative estimate of drug-likeness (QED) is 0.281. The average Bonchev–Trinajstić information content (AvgIpc) is 2.41. The first-order valence-electron chi connectivity index (χ1n) is 8.10. The standard InChI is InChI=1S/C15H32O4S.K.H/c1-2-3-4-5-6-7-8-9-10-11-15-20(17,18)19-14-12-13-16;;/h16H,2-15H2,1H3;;. The predicted octanol–water partition coefficient (Wildman–Crippen LogP) is 2.99. The molecule has 0 heterocycles. The molecule has 0 aliphatic heterocycles. The summed E-state index contributed by atoms with van der Waals surface area (Å²) in [6, 6.07) is 0. The molecule has 0 aliphatic carbocycles. The van der Waals surface area contributed by atoms with Crippen LogP contribution in [0.2, 0.25) is 0 Å². The van der Waals surface area contributed by atoms with Crippen LogP contribution in [0.1, 0.15) is 77.6 Å². The van der Waals surface area contributed by atoms with E-state index in [1.165, 1.54) is 44.9 Å². The molecule has 0 aromatic carbocycles. The van der Waals surface area contributed by atoms with E-state index in [0.29, 0.717) is 12.8 Å². The van der Waals surface area contributed by atoms with Gasteiger partial charge in [-0.3, -0.25) is 4.18 Å². The SMILES string of the molecule is CCCCCCCCCCCCS(=O)(=O)OCCCO.[KH]. The van der Waals surface area contributed by atoms with Gasteiger partial charge in [-0.1, -0.05) is 64.7 Å². The first-order chi connectivity index (χ1) is 9.62. The third-order valence-electron chi connectivity index (χ3n) is 3.31. The van der Waals surface area contributed by atoms with Gasteiger partial charge in [-0.05, 0) is 12.8 Å². The average molecular weight is 349 g/mol. The maximum absolute atomic E-state index is 11.4. The van der Waals surface area contributed by atoms with Crippen LogP contribution >= 0.6 is 0 Å². The van der Waals surface area contributed by atoms with Crippen molar-refractivity contribution in [3.8, 4) is 0 Å². The van der Waals surface area contributed by atoms with Crippen molar-refractivity contribution in [1.29, 1.82) is 0 Å². The maximum atomic E-state index is 11.4. The van der Waals surface area contributed by atoms with Crippen LogP contribution in [0.4, 0.5) is 0 Å². The molecule has 4 nitrogen and oxygen atoms in total. The molecule has 0 aromatic heterocycles. The Labute approximate surface area is 174 Å². The van der Waals surface area contributed by atoms with Gasteiger partial charge >= 0.3 is 51.4 Å². The van der Waals surface area contributed by atoms with E-state index in [9.17, 15) is 8.42 Å². The molecule has 0 bridgehead atoms. The Kier molecular flexibility index (Phi) is 21.0. The van der Waals surface area contributed by atoms with Crippen LogP contribution < -0.4 is 0 Å². The van der Waals surface area contributed by atoms with Gasteiger partial charge in [0.1, 0.15) is 0 Å². The second kappa shape index (κ2) is 17.9. The van der Waals surface area contributed by atoms with Gasteiger partial charge < -0.3 is 5.11 Å². The summed E-state index contributed by atoms with van der Waals surface area (Å²) in [4.78, 5) is 0. The Hall–Kier alpha value is 1.51. The summed E-state index contributed by atoms with van der Waals surface area (Å²) < 4.78 is 27.6. The first kappa shape index (κ1) is 24.8. The van der Waals surface area contributed by atoms with Gasteiger partial charge in [0.05, 0.1) is 12.4 Å². The van der Waals surface area contributed by atoms with Gasteiger partial charge in [-0.15, -0.1) is 0 Å². The van der Waals surface area contributed by atoms with E-state index in [4.69, 9.17) is 9.29 Å². The molecule has 0 aromatic rings. The molecule has 0 aliphatic rings. The zero-order chi connectivity index (χ0) is 15.1. The van der Waals surface area contributed by atoms with Crippen LogP contribution in [0.5, 0.6) is 0 Å². The molecule has 0 saturated heterocycles. The summed E-state index contributed by atoms with van der Waals surface area (Å²) >= 11 is 0. The van der Waals surface area contributed by atoms with Crippen LogP contribution in [0, 0.1) is 0 Å². The third kappa shape index (κ3) is 19.5. The Morgan fingerprint density at radius 3 is 1.76 bits per heavy atom. The van der Waals surface area contributed by atoms with Crippen molar-refractivity contribution in [2.24, 2.45) is 0 Å². The third-order valence-corrected chi connectivity index (χ3v) is 4.63. The van der Waals surface area contributed by atoms with Crippen molar-refractivity contribution in [1.82, 2.24) is 0 Å². The molecule has 0 radical (unpaired) electrons. The second-order valence-electron chi connectivity index (χ2n) is 5.34. The van der Waals surface area contributed by atoms with Gasteiger partial charge in [-0.2, -0.15) is 8.42 Å². The van der Waals surface area contributed by atoms with Gasteiger partial charge in [0.15, 0.2) is 0 Å². The fourth-order valence-corrected chi connectivity index (χ4v) is 3.12. The second-order valence-corrected chi connectivity index (χ2v) is 7.10. The topological polar surface area (TPSA) is 63.6 Å². The van der Waals surface area contributed by atoms with E-state index < -0.39 is 10.1 Å². The minimum atomic E-state index is -3.37. The predicted molar refractivity (Wildman–Crippen MR) is 90.4 cm³/mol. The summed E-state index contributed by atoms with van der Waals surface area (Å²) in [5, 5.41) is 8.55. The monoisotopic (exact) mass is 348 g/mol. The molecule has 0 saturated carbocycles. The van der Waals surface area contributed by atoms with Crippen molar-refractivity contribution in [2.75, 3.05) is 19.0 Å². The fraction of sp³-hybridized carbons (Fsp3) is 1.00. The molecule has 1 N–H and O–H groups in total. The fourth-order valence-electron chi connectivity index (χ4n) is 2.08. The van der Waals surface area contributed by atoms with Crippen molar-refractivity contribution in [3.63, 3.8) is 0 Å². The van der Waals surface area contributed by atoms with Gasteiger partial charge in [0, 0.05) is 6.61 Å². The van der Waals surface area contributed by atoms with Crippen molar-refractivity contribution in [2.45, 2.75) is 77.6 Å². The number of aliphatic hydroxyl groups excluding tert-OH is 1. The molecule has 21 heavy (non-hydrogen) atoms. The van der Waals surface area contributed by atoms with Crippen molar-refractivity contribution >= 4 is 61.5 Å². The van der Waals surface area contributed by atoms with Gasteiger partial charge in [0.25, 0.3) is 10.1 Å². The Balaban J connectivity index is 0. The Morgan fingerprint density at radius 2 is 1.29 bits per heavy atom. The Bertz CT molecular complexity index is 294. The number of aliphatic hydroxyl groups is 1.